The van der Waals surface area contributed by atoms with Crippen molar-refractivity contribution < 1.29 is 29.7 Å². The van der Waals surface area contributed by atoms with Crippen molar-refractivity contribution in [1.29, 1.82) is 0 Å². The number of carboxylic acids is 3. The summed E-state index contributed by atoms with van der Waals surface area (Å²) in [5.41, 5.74) is 0. The SMILES string of the molecule is CCCCC/C=C\C/C=C\C/C=C\CCCCCCC(=O)O.CCCCC/C=C\C/C=C\C/C=C\CCCCCCC(=O)O.CCCCC/C=C\C/C=C\C/C=C\CCCCCCC(=O)O. The molecular formula is C60H102O6. The van der Waals surface area contributed by atoms with Gasteiger partial charge in [0.2, 0.25) is 0 Å². The van der Waals surface area contributed by atoms with Crippen LogP contribution in [-0.2, 0) is 14.4 Å². The highest BCUT2D eigenvalue weighted by Gasteiger charge is 1.97. The average molecular weight is 919 g/mol. The minimum absolute atomic E-state index is 0.313. The van der Waals surface area contributed by atoms with Gasteiger partial charge in [-0.3, -0.25) is 14.4 Å². The van der Waals surface area contributed by atoms with Crippen molar-refractivity contribution in [2.45, 2.75) is 252 Å². The molecule has 3 N–H and O–H groups in total. The van der Waals surface area contributed by atoms with E-state index in [9.17, 15) is 14.4 Å². The Bertz CT molecular complexity index is 1140. The number of allylic oxidation sites excluding steroid dienone is 18. The van der Waals surface area contributed by atoms with Crippen molar-refractivity contribution in [3.8, 4) is 0 Å². The van der Waals surface area contributed by atoms with E-state index < -0.39 is 17.9 Å². The molecule has 6 heteroatoms. The Morgan fingerprint density at radius 2 is 0.409 bits per heavy atom. The summed E-state index contributed by atoms with van der Waals surface area (Å²) in [6, 6.07) is 0. The monoisotopic (exact) mass is 919 g/mol. The van der Waals surface area contributed by atoms with Crippen molar-refractivity contribution in [3.63, 3.8) is 0 Å². The van der Waals surface area contributed by atoms with Crippen molar-refractivity contribution >= 4 is 17.9 Å². The van der Waals surface area contributed by atoms with E-state index in [0.717, 1.165) is 116 Å². The maximum absolute atomic E-state index is 10.3. The van der Waals surface area contributed by atoms with Gasteiger partial charge in [0.15, 0.2) is 0 Å². The molecule has 0 heterocycles. The van der Waals surface area contributed by atoms with Gasteiger partial charge in [0, 0.05) is 19.3 Å². The largest absolute Gasteiger partial charge is 0.481 e. The Kier molecular flexibility index (Phi) is 63.5. The molecule has 0 saturated carbocycles. The molecule has 0 amide bonds. The Labute approximate surface area is 407 Å². The average Bonchev–Trinajstić information content (AvgIpc) is 3.29. The third kappa shape index (κ3) is 74.4. The van der Waals surface area contributed by atoms with E-state index in [1.807, 2.05) is 0 Å². The molecule has 0 radical (unpaired) electrons. The predicted octanol–water partition coefficient (Wildman–Crippen LogP) is 19.3. The zero-order chi connectivity index (χ0) is 48.9. The highest BCUT2D eigenvalue weighted by molar-refractivity contribution is 5.67. The standard InChI is InChI=1S/3C20H34O2/c3*1-2-3-4-5-6-7-8-9-10-11-12-13-14-15-16-17-18-19-20(21)22/h3*6-7,9-10,12-13H,2-5,8,11,14-19H2,1H3,(H,21,22)/b3*7-6-,10-9-,13-12-. The van der Waals surface area contributed by atoms with Crippen LogP contribution in [0.3, 0.4) is 0 Å². The lowest BCUT2D eigenvalue weighted by Crippen LogP contribution is -1.93. The predicted molar refractivity (Wildman–Crippen MR) is 288 cm³/mol. The lowest BCUT2D eigenvalue weighted by Gasteiger charge is -1.96. The van der Waals surface area contributed by atoms with Gasteiger partial charge in [-0.15, -0.1) is 0 Å². The van der Waals surface area contributed by atoms with Gasteiger partial charge in [-0.1, -0.05) is 207 Å². The Morgan fingerprint density at radius 1 is 0.242 bits per heavy atom. The first-order valence-corrected chi connectivity index (χ1v) is 26.8. The molecule has 0 atom stereocenters. The van der Waals surface area contributed by atoms with Crippen LogP contribution in [-0.4, -0.2) is 33.2 Å². The van der Waals surface area contributed by atoms with Crippen LogP contribution in [0.5, 0.6) is 0 Å². The summed E-state index contributed by atoms with van der Waals surface area (Å²) in [6.45, 7) is 6.71. The molecular weight excluding hydrogens is 817 g/mol. The molecule has 0 rings (SSSR count). The Hall–Kier alpha value is -3.93. The molecule has 0 aromatic heterocycles. The van der Waals surface area contributed by atoms with Gasteiger partial charge in [-0.2, -0.15) is 0 Å². The van der Waals surface area contributed by atoms with Gasteiger partial charge < -0.3 is 15.3 Å². The van der Waals surface area contributed by atoms with Crippen LogP contribution in [0.15, 0.2) is 109 Å². The van der Waals surface area contributed by atoms with Crippen LogP contribution in [0.2, 0.25) is 0 Å². The molecule has 0 bridgehead atoms. The van der Waals surface area contributed by atoms with E-state index in [1.54, 1.807) is 0 Å². The summed E-state index contributed by atoms with van der Waals surface area (Å²) in [4.78, 5) is 31.0. The summed E-state index contributed by atoms with van der Waals surface area (Å²) in [5.74, 6) is -2.03. The van der Waals surface area contributed by atoms with E-state index in [4.69, 9.17) is 15.3 Å². The van der Waals surface area contributed by atoms with Gasteiger partial charge >= 0.3 is 17.9 Å². The maximum atomic E-state index is 10.3. The first-order valence-electron chi connectivity index (χ1n) is 26.8. The van der Waals surface area contributed by atoms with E-state index in [2.05, 4.69) is 130 Å². The van der Waals surface area contributed by atoms with Gasteiger partial charge in [-0.25, -0.2) is 0 Å². The molecule has 378 valence electrons. The molecule has 0 aromatic rings. The molecule has 0 unspecified atom stereocenters. The highest BCUT2D eigenvalue weighted by atomic mass is 16.4. The van der Waals surface area contributed by atoms with Crippen LogP contribution in [0.25, 0.3) is 0 Å². The summed E-state index contributed by atoms with van der Waals surface area (Å²) in [7, 11) is 0. The molecule has 6 nitrogen and oxygen atoms in total. The number of carbonyl (C=O) groups is 3. The van der Waals surface area contributed by atoms with Gasteiger partial charge in [0.1, 0.15) is 0 Å². The zero-order valence-electron chi connectivity index (χ0n) is 42.9. The second-order valence-corrected chi connectivity index (χ2v) is 17.2. The topological polar surface area (TPSA) is 112 Å². The number of hydrogen-bond acceptors (Lipinski definition) is 3. The fourth-order valence-electron chi connectivity index (χ4n) is 6.55. The molecule has 0 fully saturated rings. The minimum atomic E-state index is -0.678. The molecule has 0 aliphatic carbocycles. The van der Waals surface area contributed by atoms with Crippen LogP contribution in [0.1, 0.15) is 252 Å². The van der Waals surface area contributed by atoms with Crippen LogP contribution in [0, 0.1) is 0 Å². The van der Waals surface area contributed by atoms with E-state index >= 15 is 0 Å². The van der Waals surface area contributed by atoms with Crippen LogP contribution >= 0.6 is 0 Å². The van der Waals surface area contributed by atoms with Gasteiger partial charge in [0.05, 0.1) is 0 Å². The number of rotatable bonds is 45. The van der Waals surface area contributed by atoms with Crippen molar-refractivity contribution in [1.82, 2.24) is 0 Å². The number of unbranched alkanes of at least 4 members (excludes halogenated alkanes) is 21. The second-order valence-electron chi connectivity index (χ2n) is 17.2. The maximum Gasteiger partial charge on any atom is 0.303 e. The number of hydrogen-bond donors (Lipinski definition) is 3. The van der Waals surface area contributed by atoms with Crippen LogP contribution < -0.4 is 0 Å². The molecule has 0 aromatic carbocycles. The van der Waals surface area contributed by atoms with Crippen molar-refractivity contribution in [2.24, 2.45) is 0 Å². The third-order valence-electron chi connectivity index (χ3n) is 10.6. The zero-order valence-corrected chi connectivity index (χ0v) is 42.9. The molecule has 0 spiro atoms. The lowest BCUT2D eigenvalue weighted by atomic mass is 10.1. The quantitative estimate of drug-likeness (QED) is 0.0414. The fraction of sp³-hybridized carbons (Fsp3) is 0.650. The third-order valence-corrected chi connectivity index (χ3v) is 10.6. The van der Waals surface area contributed by atoms with E-state index in [-0.39, 0.29) is 0 Å². The first kappa shape index (κ1) is 66.3. The smallest absolute Gasteiger partial charge is 0.303 e. The molecule has 0 aliphatic heterocycles. The van der Waals surface area contributed by atoms with E-state index in [1.165, 1.54) is 96.3 Å². The second kappa shape index (κ2) is 63.2. The Balaban J connectivity index is -0.000000902. The molecule has 0 aliphatic rings. The highest BCUT2D eigenvalue weighted by Crippen LogP contribution is 2.09. The fourth-order valence-corrected chi connectivity index (χ4v) is 6.55. The van der Waals surface area contributed by atoms with Crippen molar-refractivity contribution in [3.05, 3.63) is 109 Å². The Morgan fingerprint density at radius 3 is 0.591 bits per heavy atom. The number of carboxylic acid groups (broad SMARTS) is 3. The van der Waals surface area contributed by atoms with Crippen LogP contribution in [0.4, 0.5) is 0 Å². The molecule has 66 heavy (non-hydrogen) atoms. The van der Waals surface area contributed by atoms with Gasteiger partial charge in [-0.05, 0) is 135 Å². The summed E-state index contributed by atoms with van der Waals surface area (Å²) < 4.78 is 0. The first-order chi connectivity index (χ1) is 32.3. The number of aliphatic carboxylic acids is 3. The van der Waals surface area contributed by atoms with Crippen molar-refractivity contribution in [2.75, 3.05) is 0 Å². The van der Waals surface area contributed by atoms with E-state index in [0.29, 0.717) is 19.3 Å². The minimum Gasteiger partial charge on any atom is -0.481 e. The lowest BCUT2D eigenvalue weighted by molar-refractivity contribution is -0.138. The summed E-state index contributed by atoms with van der Waals surface area (Å²) in [5, 5.41) is 25.6. The van der Waals surface area contributed by atoms with Gasteiger partial charge in [0.25, 0.3) is 0 Å². The normalized spacial score (nSPS) is 12.0. The molecule has 0 saturated heterocycles. The summed E-state index contributed by atoms with van der Waals surface area (Å²) >= 11 is 0. The summed E-state index contributed by atoms with van der Waals surface area (Å²) in [6.07, 6.45) is 78.8.